The Kier molecular flexibility index (Phi) is 4.35. The van der Waals surface area contributed by atoms with Crippen molar-refractivity contribution in [2.24, 2.45) is 0 Å². The minimum Gasteiger partial charge on any atom is -0.454 e. The van der Waals surface area contributed by atoms with Crippen molar-refractivity contribution in [3.63, 3.8) is 0 Å². The van der Waals surface area contributed by atoms with Gasteiger partial charge in [0, 0.05) is 0 Å². The number of quaternary nitrogens is 1. The van der Waals surface area contributed by atoms with Gasteiger partial charge in [-0.1, -0.05) is 6.07 Å². The number of nitrogens with one attached hydrogen (secondary N) is 1. The van der Waals surface area contributed by atoms with Gasteiger partial charge in [0.25, 0.3) is 0 Å². The molecule has 4 rings (SSSR count). The summed E-state index contributed by atoms with van der Waals surface area (Å²) in [7, 11) is 0. The number of thioether (sulfide) groups is 1. The highest BCUT2D eigenvalue weighted by Gasteiger charge is 2.34. The number of ether oxygens (including phenoxy) is 2. The van der Waals surface area contributed by atoms with Crippen LogP contribution in [0.1, 0.15) is 30.2 Å². The second-order valence-corrected chi connectivity index (χ2v) is 7.49. The van der Waals surface area contributed by atoms with Crippen molar-refractivity contribution in [2.75, 3.05) is 38.7 Å². The molecule has 6 heteroatoms. The molecule has 1 aromatic rings. The summed E-state index contributed by atoms with van der Waals surface area (Å²) in [5.74, 6) is 2.43. The average Bonchev–Trinajstić information content (AvgIpc) is 3.19. The van der Waals surface area contributed by atoms with Crippen LogP contribution in [-0.4, -0.2) is 49.5 Å². The van der Waals surface area contributed by atoms with Crippen LogP contribution in [0.2, 0.25) is 0 Å². The highest BCUT2D eigenvalue weighted by atomic mass is 32.2. The highest BCUT2D eigenvalue weighted by molar-refractivity contribution is 8.00. The molecule has 0 spiro atoms. The van der Waals surface area contributed by atoms with E-state index >= 15 is 0 Å². The number of hydrogen-bond acceptors (Lipinski definition) is 4. The predicted octanol–water partition coefficient (Wildman–Crippen LogP) is 1.06. The number of carbonyl (C=O) groups is 1. The molecule has 0 saturated carbocycles. The Morgan fingerprint density at radius 3 is 2.87 bits per heavy atom. The Labute approximate surface area is 140 Å². The quantitative estimate of drug-likeness (QED) is 0.894. The lowest BCUT2D eigenvalue weighted by Crippen LogP contribution is -3.13. The van der Waals surface area contributed by atoms with Crippen LogP contribution in [0.4, 0.5) is 0 Å². The largest absolute Gasteiger partial charge is 0.454 e. The van der Waals surface area contributed by atoms with E-state index in [1.54, 1.807) is 16.7 Å². The van der Waals surface area contributed by atoms with Crippen molar-refractivity contribution < 1.29 is 19.2 Å². The molecule has 23 heavy (non-hydrogen) atoms. The lowest BCUT2D eigenvalue weighted by Gasteiger charge is -2.28. The van der Waals surface area contributed by atoms with Crippen LogP contribution in [0, 0.1) is 0 Å². The van der Waals surface area contributed by atoms with Crippen LogP contribution in [0.15, 0.2) is 18.2 Å². The van der Waals surface area contributed by atoms with Crippen LogP contribution in [0.3, 0.4) is 0 Å². The average molecular weight is 335 g/mol. The summed E-state index contributed by atoms with van der Waals surface area (Å²) >= 11 is 1.71. The van der Waals surface area contributed by atoms with Gasteiger partial charge in [0.1, 0.15) is 5.37 Å². The van der Waals surface area contributed by atoms with E-state index in [1.807, 2.05) is 17.0 Å². The van der Waals surface area contributed by atoms with Gasteiger partial charge in [-0.15, -0.1) is 11.8 Å². The number of piperidine rings is 1. The van der Waals surface area contributed by atoms with Gasteiger partial charge < -0.3 is 19.3 Å². The number of nitrogens with zero attached hydrogens (tertiary/aromatic N) is 1. The first-order chi connectivity index (χ1) is 11.3. The lowest BCUT2D eigenvalue weighted by molar-refractivity contribution is -0.904. The fraction of sp³-hybridized carbons (Fsp3) is 0.588. The van der Waals surface area contributed by atoms with Crippen LogP contribution in [0.25, 0.3) is 0 Å². The number of hydrogen-bond donors (Lipinski definition) is 1. The van der Waals surface area contributed by atoms with Gasteiger partial charge in [-0.05, 0) is 37.0 Å². The zero-order valence-electron chi connectivity index (χ0n) is 13.3. The number of rotatable bonds is 4. The predicted molar refractivity (Wildman–Crippen MR) is 88.9 cm³/mol. The molecular formula is C17H23N2O3S+. The molecule has 0 bridgehead atoms. The first-order valence-corrected chi connectivity index (χ1v) is 9.50. The molecule has 2 fully saturated rings. The van der Waals surface area contributed by atoms with Gasteiger partial charge in [0.05, 0.1) is 31.9 Å². The zero-order valence-corrected chi connectivity index (χ0v) is 14.1. The first-order valence-electron chi connectivity index (χ1n) is 8.45. The number of carbonyl (C=O) groups excluding carboxylic acids is 1. The molecule has 3 heterocycles. The zero-order chi connectivity index (χ0) is 15.6. The fourth-order valence-electron chi connectivity index (χ4n) is 3.62. The third-order valence-corrected chi connectivity index (χ3v) is 6.17. The fourth-order valence-corrected chi connectivity index (χ4v) is 4.83. The molecule has 5 nitrogen and oxygen atoms in total. The summed E-state index contributed by atoms with van der Waals surface area (Å²) in [5, 5.41) is 0.112. The number of fused-ring (bicyclic) bond motifs is 1. The minimum absolute atomic E-state index is 0.112. The van der Waals surface area contributed by atoms with Gasteiger partial charge in [0.2, 0.25) is 12.7 Å². The normalized spacial score (nSPS) is 24.4. The summed E-state index contributed by atoms with van der Waals surface area (Å²) in [4.78, 5) is 16.0. The molecule has 3 aliphatic rings. The van der Waals surface area contributed by atoms with Gasteiger partial charge >= 0.3 is 0 Å². The third kappa shape index (κ3) is 3.15. The number of benzene rings is 1. The Bertz CT molecular complexity index is 589. The van der Waals surface area contributed by atoms with E-state index < -0.39 is 0 Å². The Morgan fingerprint density at radius 1 is 1.17 bits per heavy atom. The molecule has 124 valence electrons. The molecule has 0 unspecified atom stereocenters. The van der Waals surface area contributed by atoms with Crippen molar-refractivity contribution in [1.29, 1.82) is 0 Å². The van der Waals surface area contributed by atoms with E-state index in [9.17, 15) is 4.79 Å². The molecule has 1 N–H and O–H groups in total. The van der Waals surface area contributed by atoms with Crippen molar-refractivity contribution in [1.82, 2.24) is 4.90 Å². The molecular weight excluding hydrogens is 312 g/mol. The van der Waals surface area contributed by atoms with E-state index in [0.717, 1.165) is 30.2 Å². The molecule has 1 amide bonds. The van der Waals surface area contributed by atoms with Crippen molar-refractivity contribution in [2.45, 2.75) is 24.6 Å². The van der Waals surface area contributed by atoms with E-state index in [2.05, 4.69) is 6.07 Å². The van der Waals surface area contributed by atoms with Crippen molar-refractivity contribution in [3.05, 3.63) is 23.8 Å². The van der Waals surface area contributed by atoms with Crippen molar-refractivity contribution >= 4 is 17.7 Å². The van der Waals surface area contributed by atoms with E-state index in [4.69, 9.17) is 9.47 Å². The molecule has 0 radical (unpaired) electrons. The molecule has 0 aliphatic carbocycles. The smallest absolute Gasteiger partial charge is 0.234 e. The van der Waals surface area contributed by atoms with Crippen LogP contribution in [0.5, 0.6) is 11.5 Å². The minimum atomic E-state index is 0.112. The molecule has 0 aromatic heterocycles. The number of amides is 1. The van der Waals surface area contributed by atoms with E-state index in [0.29, 0.717) is 5.75 Å². The summed E-state index contributed by atoms with van der Waals surface area (Å²) < 4.78 is 10.9. The SMILES string of the molecule is O=C1CS[C@@H](c2ccc3c(c2)OCO3)N1CC[NH+]1CCCCC1. The van der Waals surface area contributed by atoms with Gasteiger partial charge in [-0.2, -0.15) is 0 Å². The third-order valence-electron chi connectivity index (χ3n) is 4.92. The second-order valence-electron chi connectivity index (χ2n) is 6.42. The summed E-state index contributed by atoms with van der Waals surface area (Å²) in [6.07, 6.45) is 4.01. The molecule has 2 saturated heterocycles. The Morgan fingerprint density at radius 2 is 2.00 bits per heavy atom. The Hall–Kier alpha value is -1.40. The molecule has 1 aromatic carbocycles. The maximum absolute atomic E-state index is 12.3. The molecule has 1 atom stereocenters. The van der Waals surface area contributed by atoms with E-state index in [1.165, 1.54) is 32.4 Å². The first kappa shape index (κ1) is 15.1. The van der Waals surface area contributed by atoms with Crippen molar-refractivity contribution in [3.8, 4) is 11.5 Å². The second kappa shape index (κ2) is 6.61. The van der Waals surface area contributed by atoms with Gasteiger partial charge in [0.15, 0.2) is 11.5 Å². The summed E-state index contributed by atoms with van der Waals surface area (Å²) in [6.45, 7) is 4.71. The maximum atomic E-state index is 12.3. The monoisotopic (exact) mass is 335 g/mol. The Balaban J connectivity index is 1.45. The molecule has 3 aliphatic heterocycles. The summed E-state index contributed by atoms with van der Waals surface area (Å²) in [6, 6.07) is 6.04. The standard InChI is InChI=1S/C17H22N2O3S/c20-16-11-23-17(13-4-5-14-15(10-13)22-12-21-14)19(16)9-8-18-6-2-1-3-7-18/h4-5,10,17H,1-3,6-9,11-12H2/p+1/t17-/m0/s1. The highest BCUT2D eigenvalue weighted by Crippen LogP contribution is 2.42. The lowest BCUT2D eigenvalue weighted by atomic mass is 10.1. The maximum Gasteiger partial charge on any atom is 0.234 e. The van der Waals surface area contributed by atoms with Crippen LogP contribution >= 0.6 is 11.8 Å². The topological polar surface area (TPSA) is 43.2 Å². The van der Waals surface area contributed by atoms with Crippen LogP contribution in [-0.2, 0) is 4.79 Å². The van der Waals surface area contributed by atoms with E-state index in [-0.39, 0.29) is 18.1 Å². The summed E-state index contributed by atoms with van der Waals surface area (Å²) in [5.41, 5.74) is 1.14. The number of likely N-dealkylation sites (tertiary alicyclic amines) is 1. The van der Waals surface area contributed by atoms with Gasteiger partial charge in [-0.3, -0.25) is 4.79 Å². The van der Waals surface area contributed by atoms with Crippen LogP contribution < -0.4 is 14.4 Å². The van der Waals surface area contributed by atoms with Gasteiger partial charge in [-0.25, -0.2) is 0 Å².